The molecule has 0 radical (unpaired) electrons. The van der Waals surface area contributed by atoms with Gasteiger partial charge in [0.1, 0.15) is 0 Å². The first kappa shape index (κ1) is 18.4. The minimum Gasteiger partial charge on any atom is -0.493 e. The molecule has 1 aliphatic rings. The Balaban J connectivity index is 1.81. The molecule has 0 bridgehead atoms. The van der Waals surface area contributed by atoms with Gasteiger partial charge in [-0.15, -0.1) is 0 Å². The number of rotatable bonds is 6. The van der Waals surface area contributed by atoms with E-state index in [1.165, 1.54) is 25.7 Å². The van der Waals surface area contributed by atoms with E-state index in [-0.39, 0.29) is 0 Å². The van der Waals surface area contributed by atoms with E-state index in [2.05, 4.69) is 24.2 Å². The van der Waals surface area contributed by atoms with Gasteiger partial charge in [-0.2, -0.15) is 0 Å². The molecule has 3 N–H and O–H groups in total. The number of hydrogen-bond acceptors (Lipinski definition) is 3. The molecule has 1 aromatic carbocycles. The highest BCUT2D eigenvalue weighted by atomic mass is 16.5. The molecule has 0 saturated heterocycles. The second-order valence-corrected chi connectivity index (χ2v) is 7.38. The Bertz CT molecular complexity index is 560. The number of nitrogens with one attached hydrogen (secondary N) is 1. The van der Waals surface area contributed by atoms with E-state index in [1.54, 1.807) is 14.2 Å². The van der Waals surface area contributed by atoms with Crippen molar-refractivity contribution in [2.24, 2.45) is 22.1 Å². The van der Waals surface area contributed by atoms with Crippen LogP contribution in [0.4, 0.5) is 0 Å². The Morgan fingerprint density at radius 1 is 1.21 bits per heavy atom. The summed E-state index contributed by atoms with van der Waals surface area (Å²) in [7, 11) is 3.26. The van der Waals surface area contributed by atoms with Gasteiger partial charge in [0.15, 0.2) is 17.5 Å². The molecule has 5 heteroatoms. The summed E-state index contributed by atoms with van der Waals surface area (Å²) < 4.78 is 10.5. The number of methoxy groups -OCH3 is 2. The van der Waals surface area contributed by atoms with Gasteiger partial charge in [-0.1, -0.05) is 19.9 Å². The standard InChI is InChI=1S/C19H31N3O2/c1-19(2)9-7-14(8-10-19)12-21-18(20)22-13-15-5-6-16(23-3)17(11-15)24-4/h5-6,11,14H,7-10,12-13H2,1-4H3,(H3,20,21,22). The Morgan fingerprint density at radius 2 is 1.88 bits per heavy atom. The number of aliphatic imine (C=N–C) groups is 1. The fraction of sp³-hybridized carbons (Fsp3) is 0.632. The predicted molar refractivity (Wildman–Crippen MR) is 98.6 cm³/mol. The monoisotopic (exact) mass is 333 g/mol. The fourth-order valence-corrected chi connectivity index (χ4v) is 3.12. The van der Waals surface area contributed by atoms with Crippen molar-refractivity contribution >= 4 is 5.96 Å². The summed E-state index contributed by atoms with van der Waals surface area (Å²) >= 11 is 0. The van der Waals surface area contributed by atoms with Crippen LogP contribution in [0.3, 0.4) is 0 Å². The van der Waals surface area contributed by atoms with Crippen LogP contribution in [0.5, 0.6) is 11.5 Å². The van der Waals surface area contributed by atoms with Crippen LogP contribution in [0, 0.1) is 11.3 Å². The largest absolute Gasteiger partial charge is 0.493 e. The van der Waals surface area contributed by atoms with Gasteiger partial charge in [0.2, 0.25) is 0 Å². The summed E-state index contributed by atoms with van der Waals surface area (Å²) in [4.78, 5) is 4.43. The first-order valence-electron chi connectivity index (χ1n) is 8.68. The van der Waals surface area contributed by atoms with E-state index in [1.807, 2.05) is 18.2 Å². The number of guanidine groups is 1. The highest BCUT2D eigenvalue weighted by Gasteiger charge is 2.26. The molecular weight excluding hydrogens is 302 g/mol. The zero-order chi connectivity index (χ0) is 17.6. The lowest BCUT2D eigenvalue weighted by Crippen LogP contribution is -2.37. The quantitative estimate of drug-likeness (QED) is 0.619. The molecule has 1 saturated carbocycles. The molecule has 134 valence electrons. The fourth-order valence-electron chi connectivity index (χ4n) is 3.12. The minimum atomic E-state index is 0.504. The van der Waals surface area contributed by atoms with Crippen molar-refractivity contribution in [3.8, 4) is 11.5 Å². The predicted octanol–water partition coefficient (Wildman–Crippen LogP) is 3.32. The van der Waals surface area contributed by atoms with Gasteiger partial charge in [-0.25, -0.2) is 4.99 Å². The zero-order valence-corrected chi connectivity index (χ0v) is 15.4. The summed E-state index contributed by atoms with van der Waals surface area (Å²) in [5.41, 5.74) is 7.54. The number of ether oxygens (including phenoxy) is 2. The Hall–Kier alpha value is -1.91. The number of nitrogens with two attached hydrogens (primary N) is 1. The lowest BCUT2D eigenvalue weighted by atomic mass is 9.73. The number of benzene rings is 1. The second kappa shape index (κ2) is 8.27. The van der Waals surface area contributed by atoms with Crippen LogP contribution in [-0.4, -0.2) is 26.7 Å². The normalized spacial score (nSPS) is 18.2. The second-order valence-electron chi connectivity index (χ2n) is 7.38. The topological polar surface area (TPSA) is 68.9 Å². The van der Waals surface area contributed by atoms with Crippen LogP contribution >= 0.6 is 0 Å². The summed E-state index contributed by atoms with van der Waals surface area (Å²) in [6.45, 7) is 6.15. The SMILES string of the molecule is COc1ccc(CN=C(N)NCC2CCC(C)(C)CC2)cc1OC. The molecule has 1 aromatic rings. The zero-order valence-electron chi connectivity index (χ0n) is 15.4. The van der Waals surface area contributed by atoms with Gasteiger partial charge in [0.05, 0.1) is 20.8 Å². The molecule has 0 amide bonds. The van der Waals surface area contributed by atoms with Crippen LogP contribution in [-0.2, 0) is 6.54 Å². The smallest absolute Gasteiger partial charge is 0.188 e. The van der Waals surface area contributed by atoms with Gasteiger partial charge in [-0.3, -0.25) is 0 Å². The highest BCUT2D eigenvalue weighted by molar-refractivity contribution is 5.77. The van der Waals surface area contributed by atoms with E-state index < -0.39 is 0 Å². The molecule has 1 fully saturated rings. The maximum atomic E-state index is 6.00. The Morgan fingerprint density at radius 3 is 2.50 bits per heavy atom. The molecule has 0 heterocycles. The molecule has 1 aliphatic carbocycles. The molecule has 0 spiro atoms. The first-order chi connectivity index (χ1) is 11.4. The molecule has 0 atom stereocenters. The summed E-state index contributed by atoms with van der Waals surface area (Å²) in [6.07, 6.45) is 5.12. The van der Waals surface area contributed by atoms with Gasteiger partial charge in [-0.05, 0) is 54.7 Å². The van der Waals surface area contributed by atoms with E-state index in [0.717, 1.165) is 17.9 Å². The van der Waals surface area contributed by atoms with Gasteiger partial charge < -0.3 is 20.5 Å². The summed E-state index contributed by atoms with van der Waals surface area (Å²) in [5.74, 6) is 2.64. The van der Waals surface area contributed by atoms with Crippen molar-refractivity contribution in [1.29, 1.82) is 0 Å². The lowest BCUT2D eigenvalue weighted by Gasteiger charge is -2.34. The van der Waals surface area contributed by atoms with Crippen LogP contribution in [0.2, 0.25) is 0 Å². The first-order valence-corrected chi connectivity index (χ1v) is 8.68. The van der Waals surface area contributed by atoms with Crippen molar-refractivity contribution < 1.29 is 9.47 Å². The van der Waals surface area contributed by atoms with E-state index >= 15 is 0 Å². The molecular formula is C19H31N3O2. The van der Waals surface area contributed by atoms with E-state index in [9.17, 15) is 0 Å². The molecule has 5 nitrogen and oxygen atoms in total. The number of hydrogen-bond donors (Lipinski definition) is 2. The molecule has 2 rings (SSSR count). The maximum absolute atomic E-state index is 6.00. The van der Waals surface area contributed by atoms with Crippen molar-refractivity contribution in [2.45, 2.75) is 46.1 Å². The minimum absolute atomic E-state index is 0.504. The lowest BCUT2D eigenvalue weighted by molar-refractivity contribution is 0.192. The number of nitrogens with zero attached hydrogens (tertiary/aromatic N) is 1. The summed E-state index contributed by atoms with van der Waals surface area (Å²) in [5, 5.41) is 3.27. The average molecular weight is 333 g/mol. The van der Waals surface area contributed by atoms with E-state index in [4.69, 9.17) is 15.2 Å². The van der Waals surface area contributed by atoms with Crippen LogP contribution < -0.4 is 20.5 Å². The average Bonchev–Trinajstić information content (AvgIpc) is 2.58. The Labute approximate surface area is 145 Å². The van der Waals surface area contributed by atoms with Gasteiger partial charge in [0, 0.05) is 6.54 Å². The third-order valence-corrected chi connectivity index (χ3v) is 4.91. The third-order valence-electron chi connectivity index (χ3n) is 4.91. The molecule has 24 heavy (non-hydrogen) atoms. The molecule has 0 aliphatic heterocycles. The molecule has 0 aromatic heterocycles. The van der Waals surface area contributed by atoms with Crippen molar-refractivity contribution in [1.82, 2.24) is 5.32 Å². The maximum Gasteiger partial charge on any atom is 0.188 e. The van der Waals surface area contributed by atoms with Gasteiger partial charge >= 0.3 is 0 Å². The van der Waals surface area contributed by atoms with Crippen molar-refractivity contribution in [3.05, 3.63) is 23.8 Å². The van der Waals surface area contributed by atoms with E-state index in [0.29, 0.717) is 29.6 Å². The van der Waals surface area contributed by atoms with Crippen molar-refractivity contribution in [3.63, 3.8) is 0 Å². The summed E-state index contributed by atoms with van der Waals surface area (Å²) in [6, 6.07) is 5.79. The third kappa shape index (κ3) is 5.32. The van der Waals surface area contributed by atoms with Crippen LogP contribution in [0.25, 0.3) is 0 Å². The van der Waals surface area contributed by atoms with Crippen LogP contribution in [0.1, 0.15) is 45.1 Å². The Kier molecular flexibility index (Phi) is 6.35. The highest BCUT2D eigenvalue weighted by Crippen LogP contribution is 2.37. The van der Waals surface area contributed by atoms with Crippen LogP contribution in [0.15, 0.2) is 23.2 Å². The van der Waals surface area contributed by atoms with Crippen molar-refractivity contribution in [2.75, 3.05) is 20.8 Å². The van der Waals surface area contributed by atoms with Gasteiger partial charge in [0.25, 0.3) is 0 Å². The molecule has 0 unspecified atom stereocenters.